The van der Waals surface area contributed by atoms with Crippen LogP contribution in [0.25, 0.3) is 0 Å². The number of benzene rings is 1. The molecule has 1 aliphatic carbocycles. The molecule has 27 heavy (non-hydrogen) atoms. The van der Waals surface area contributed by atoms with E-state index in [2.05, 4.69) is 5.32 Å². The van der Waals surface area contributed by atoms with Crippen molar-refractivity contribution in [3.8, 4) is 5.75 Å². The zero-order valence-electron chi connectivity index (χ0n) is 16.1. The van der Waals surface area contributed by atoms with Crippen molar-refractivity contribution in [2.75, 3.05) is 33.3 Å². The Labute approximate surface area is 166 Å². The van der Waals surface area contributed by atoms with Crippen LogP contribution >= 0.6 is 11.6 Å². The maximum Gasteiger partial charge on any atom is 0.247 e. The molecule has 1 fully saturated rings. The monoisotopic (exact) mass is 396 g/mol. The Balaban J connectivity index is 2.28. The number of ether oxygens (including phenoxy) is 2. The molecule has 1 N–H and O–H groups in total. The van der Waals surface area contributed by atoms with Crippen molar-refractivity contribution in [3.05, 3.63) is 29.8 Å². The Hall–Kier alpha value is -1.79. The molecular weight excluding hydrogens is 368 g/mol. The lowest BCUT2D eigenvalue weighted by molar-refractivity contribution is -0.140. The smallest absolute Gasteiger partial charge is 0.247 e. The number of nitrogens with one attached hydrogen (secondary N) is 1. The fourth-order valence-electron chi connectivity index (χ4n) is 3.45. The standard InChI is InChI=1S/C20H29ClN2O4/c1-26-13-12-23(18(24)14-21)19(15-8-10-17(27-2)11-9-15)20(25)22-16-6-4-3-5-7-16/h8-11,16,19H,3-7,12-14H2,1-2H3,(H,22,25)/t19-/m0/s1. The molecule has 0 heterocycles. The molecule has 2 amide bonds. The van der Waals surface area contributed by atoms with E-state index in [1.165, 1.54) is 11.3 Å². The molecule has 0 saturated heterocycles. The molecule has 150 valence electrons. The van der Waals surface area contributed by atoms with Gasteiger partial charge in [0.05, 0.1) is 13.7 Å². The average Bonchev–Trinajstić information content (AvgIpc) is 2.71. The van der Waals surface area contributed by atoms with Gasteiger partial charge in [0, 0.05) is 19.7 Å². The van der Waals surface area contributed by atoms with E-state index in [0.717, 1.165) is 31.2 Å². The fourth-order valence-corrected chi connectivity index (χ4v) is 3.60. The minimum absolute atomic E-state index is 0.155. The summed E-state index contributed by atoms with van der Waals surface area (Å²) in [6.45, 7) is 0.614. The quantitative estimate of drug-likeness (QED) is 0.652. The summed E-state index contributed by atoms with van der Waals surface area (Å²) < 4.78 is 10.3. The molecule has 0 aromatic heterocycles. The molecule has 1 saturated carbocycles. The van der Waals surface area contributed by atoms with E-state index in [1.807, 2.05) is 12.1 Å². The molecular formula is C20H29ClN2O4. The van der Waals surface area contributed by atoms with Crippen LogP contribution < -0.4 is 10.1 Å². The Morgan fingerprint density at radius 3 is 2.41 bits per heavy atom. The van der Waals surface area contributed by atoms with Crippen molar-refractivity contribution in [2.45, 2.75) is 44.2 Å². The highest BCUT2D eigenvalue weighted by molar-refractivity contribution is 6.27. The summed E-state index contributed by atoms with van der Waals surface area (Å²) in [5.74, 6) is 0.0276. The van der Waals surface area contributed by atoms with Crippen molar-refractivity contribution < 1.29 is 19.1 Å². The number of nitrogens with zero attached hydrogens (tertiary/aromatic N) is 1. The van der Waals surface area contributed by atoms with Gasteiger partial charge < -0.3 is 19.7 Å². The predicted octanol–water partition coefficient (Wildman–Crippen LogP) is 2.90. The van der Waals surface area contributed by atoms with E-state index in [9.17, 15) is 9.59 Å². The molecule has 0 unspecified atom stereocenters. The summed E-state index contributed by atoms with van der Waals surface area (Å²) in [5, 5.41) is 3.13. The van der Waals surface area contributed by atoms with Crippen LogP contribution in [0, 0.1) is 0 Å². The van der Waals surface area contributed by atoms with Crippen molar-refractivity contribution in [1.29, 1.82) is 0 Å². The van der Waals surface area contributed by atoms with Gasteiger partial charge in [0.15, 0.2) is 0 Å². The Morgan fingerprint density at radius 1 is 1.19 bits per heavy atom. The molecule has 0 bridgehead atoms. The number of methoxy groups -OCH3 is 2. The second-order valence-corrected chi connectivity index (χ2v) is 7.00. The lowest BCUT2D eigenvalue weighted by Crippen LogP contribution is -2.48. The zero-order valence-corrected chi connectivity index (χ0v) is 16.8. The van der Waals surface area contributed by atoms with E-state index in [0.29, 0.717) is 12.4 Å². The van der Waals surface area contributed by atoms with Gasteiger partial charge in [-0.1, -0.05) is 31.4 Å². The molecule has 0 radical (unpaired) electrons. The topological polar surface area (TPSA) is 67.9 Å². The molecule has 0 spiro atoms. The van der Waals surface area contributed by atoms with Gasteiger partial charge >= 0.3 is 0 Å². The number of hydrogen-bond donors (Lipinski definition) is 1. The minimum atomic E-state index is -0.751. The van der Waals surface area contributed by atoms with Gasteiger partial charge in [-0.2, -0.15) is 0 Å². The van der Waals surface area contributed by atoms with Gasteiger partial charge in [0.25, 0.3) is 0 Å². The maximum atomic E-state index is 13.2. The Morgan fingerprint density at radius 2 is 1.85 bits per heavy atom. The third-order valence-corrected chi connectivity index (χ3v) is 5.14. The normalized spacial score (nSPS) is 15.8. The highest BCUT2D eigenvalue weighted by Gasteiger charge is 2.32. The zero-order chi connectivity index (χ0) is 19.6. The van der Waals surface area contributed by atoms with Gasteiger partial charge in [0.1, 0.15) is 17.7 Å². The summed E-state index contributed by atoms with van der Waals surface area (Å²) in [7, 11) is 3.15. The number of rotatable bonds is 9. The number of alkyl halides is 1. The van der Waals surface area contributed by atoms with E-state index in [-0.39, 0.29) is 30.3 Å². The Bertz CT molecular complexity index is 603. The summed E-state index contributed by atoms with van der Waals surface area (Å²) in [4.78, 5) is 27.2. The molecule has 1 aliphatic rings. The second kappa shape index (κ2) is 11.1. The van der Waals surface area contributed by atoms with Crippen LogP contribution in [0.5, 0.6) is 5.75 Å². The van der Waals surface area contributed by atoms with Crippen molar-refractivity contribution in [3.63, 3.8) is 0 Å². The number of carbonyl (C=O) groups is 2. The molecule has 1 atom stereocenters. The SMILES string of the molecule is COCCN(C(=O)CCl)[C@H](C(=O)NC1CCCCC1)c1ccc(OC)cc1. The van der Waals surface area contributed by atoms with Crippen LogP contribution in [0.15, 0.2) is 24.3 Å². The molecule has 1 aromatic rings. The van der Waals surface area contributed by atoms with Crippen LogP contribution in [0.3, 0.4) is 0 Å². The number of hydrogen-bond acceptors (Lipinski definition) is 4. The van der Waals surface area contributed by atoms with E-state index in [1.54, 1.807) is 26.4 Å². The van der Waals surface area contributed by atoms with Crippen LogP contribution in [-0.4, -0.2) is 56.0 Å². The van der Waals surface area contributed by atoms with Crippen LogP contribution in [-0.2, 0) is 14.3 Å². The van der Waals surface area contributed by atoms with E-state index in [4.69, 9.17) is 21.1 Å². The van der Waals surface area contributed by atoms with Crippen molar-refractivity contribution in [2.24, 2.45) is 0 Å². The minimum Gasteiger partial charge on any atom is -0.497 e. The van der Waals surface area contributed by atoms with Gasteiger partial charge in [-0.25, -0.2) is 0 Å². The maximum absolute atomic E-state index is 13.2. The summed E-state index contributed by atoms with van der Waals surface area (Å²) >= 11 is 5.82. The summed E-state index contributed by atoms with van der Waals surface area (Å²) in [6.07, 6.45) is 5.39. The largest absolute Gasteiger partial charge is 0.497 e. The summed E-state index contributed by atoms with van der Waals surface area (Å²) in [6, 6.07) is 6.60. The predicted molar refractivity (Wildman–Crippen MR) is 105 cm³/mol. The molecule has 6 nitrogen and oxygen atoms in total. The lowest BCUT2D eigenvalue weighted by atomic mass is 9.94. The highest BCUT2D eigenvalue weighted by Crippen LogP contribution is 2.26. The first-order valence-electron chi connectivity index (χ1n) is 9.39. The second-order valence-electron chi connectivity index (χ2n) is 6.73. The van der Waals surface area contributed by atoms with Crippen LogP contribution in [0.2, 0.25) is 0 Å². The number of halogens is 1. The first-order chi connectivity index (χ1) is 13.1. The van der Waals surface area contributed by atoms with Crippen LogP contribution in [0.4, 0.5) is 0 Å². The molecule has 7 heteroatoms. The molecule has 1 aromatic carbocycles. The molecule has 2 rings (SSSR count). The third kappa shape index (κ3) is 6.11. The molecule has 0 aliphatic heterocycles. The van der Waals surface area contributed by atoms with Crippen molar-refractivity contribution >= 4 is 23.4 Å². The Kier molecular flexibility index (Phi) is 8.88. The van der Waals surface area contributed by atoms with E-state index >= 15 is 0 Å². The van der Waals surface area contributed by atoms with Crippen LogP contribution in [0.1, 0.15) is 43.7 Å². The average molecular weight is 397 g/mol. The van der Waals surface area contributed by atoms with E-state index < -0.39 is 6.04 Å². The number of carbonyl (C=O) groups excluding carboxylic acids is 2. The lowest BCUT2D eigenvalue weighted by Gasteiger charge is -2.33. The van der Waals surface area contributed by atoms with Gasteiger partial charge in [-0.05, 0) is 30.5 Å². The van der Waals surface area contributed by atoms with Crippen molar-refractivity contribution in [1.82, 2.24) is 10.2 Å². The van der Waals surface area contributed by atoms with Gasteiger partial charge in [-0.3, -0.25) is 9.59 Å². The number of amides is 2. The first-order valence-corrected chi connectivity index (χ1v) is 9.92. The first kappa shape index (κ1) is 21.5. The summed E-state index contributed by atoms with van der Waals surface area (Å²) in [5.41, 5.74) is 0.721. The highest BCUT2D eigenvalue weighted by atomic mass is 35.5. The van der Waals surface area contributed by atoms with Gasteiger partial charge in [0.2, 0.25) is 11.8 Å². The van der Waals surface area contributed by atoms with Gasteiger partial charge in [-0.15, -0.1) is 11.6 Å². The fraction of sp³-hybridized carbons (Fsp3) is 0.600. The third-order valence-electron chi connectivity index (χ3n) is 4.91.